The van der Waals surface area contributed by atoms with Crippen molar-refractivity contribution < 1.29 is 9.53 Å². The van der Waals surface area contributed by atoms with Gasteiger partial charge in [0, 0.05) is 0 Å². The second kappa shape index (κ2) is 18.7. The minimum Gasteiger partial charge on any atom is -0.426 e. The quantitative estimate of drug-likeness (QED) is 0.0649. The third-order valence-electron chi connectivity index (χ3n) is 9.33. The Morgan fingerprint density at radius 1 is 0.737 bits per heavy atom. The van der Waals surface area contributed by atoms with Crippen molar-refractivity contribution in [2.45, 2.75) is 142 Å². The number of rotatable bonds is 17. The van der Waals surface area contributed by atoms with E-state index in [1.54, 1.807) is 24.3 Å². The van der Waals surface area contributed by atoms with E-state index < -0.39 is 0 Å². The maximum atomic E-state index is 12.6. The molecule has 3 nitrogen and oxygen atoms in total. The van der Waals surface area contributed by atoms with Crippen molar-refractivity contribution in [3.8, 4) is 5.75 Å². The Hall–Kier alpha value is -1.51. The van der Waals surface area contributed by atoms with Gasteiger partial charge in [0.05, 0.1) is 16.8 Å². The number of carbonyl (C=O) groups excluding carboxylic acids is 1. The number of isothiocyanates is 1. The highest BCUT2D eigenvalue weighted by Crippen LogP contribution is 2.38. The zero-order valence-electron chi connectivity index (χ0n) is 24.1. The molecule has 0 radical (unpaired) electrons. The van der Waals surface area contributed by atoms with E-state index in [1.807, 2.05) is 0 Å². The second-order valence-electron chi connectivity index (χ2n) is 12.3. The number of ether oxygens (including phenoxy) is 1. The van der Waals surface area contributed by atoms with Crippen LogP contribution in [0.5, 0.6) is 5.75 Å². The molecule has 0 heterocycles. The van der Waals surface area contributed by atoms with Crippen molar-refractivity contribution in [1.82, 2.24) is 0 Å². The van der Waals surface area contributed by atoms with Crippen LogP contribution < -0.4 is 4.74 Å². The van der Waals surface area contributed by atoms with E-state index in [0.29, 0.717) is 5.75 Å². The second-order valence-corrected chi connectivity index (χ2v) is 12.5. The molecule has 0 atom stereocenters. The predicted molar refractivity (Wildman–Crippen MR) is 163 cm³/mol. The number of benzene rings is 1. The lowest BCUT2D eigenvalue weighted by Crippen LogP contribution is -2.26. The number of nitrogens with zero attached hydrogens (tertiary/aromatic N) is 1. The highest BCUT2D eigenvalue weighted by atomic mass is 32.1. The Balaban J connectivity index is 1.18. The summed E-state index contributed by atoms with van der Waals surface area (Å²) in [4.78, 5) is 16.6. The van der Waals surface area contributed by atoms with Gasteiger partial charge in [-0.15, -0.1) is 0 Å². The van der Waals surface area contributed by atoms with Crippen molar-refractivity contribution in [3.05, 3.63) is 24.3 Å². The van der Waals surface area contributed by atoms with Crippen molar-refractivity contribution in [1.29, 1.82) is 0 Å². The summed E-state index contributed by atoms with van der Waals surface area (Å²) in [6.45, 7) is 2.30. The maximum Gasteiger partial charge on any atom is 0.314 e. The van der Waals surface area contributed by atoms with Gasteiger partial charge in [0.25, 0.3) is 0 Å². The Morgan fingerprint density at radius 3 is 1.74 bits per heavy atom. The molecule has 1 aromatic rings. The molecule has 0 saturated heterocycles. The minimum absolute atomic E-state index is 0.0474. The smallest absolute Gasteiger partial charge is 0.314 e. The van der Waals surface area contributed by atoms with Gasteiger partial charge < -0.3 is 4.74 Å². The minimum atomic E-state index is -0.0738. The van der Waals surface area contributed by atoms with Gasteiger partial charge in [-0.3, -0.25) is 4.79 Å². The van der Waals surface area contributed by atoms with Crippen LogP contribution in [0.2, 0.25) is 0 Å². The molecule has 0 unspecified atom stereocenters. The number of thiocarbonyl (C=S) groups is 1. The largest absolute Gasteiger partial charge is 0.426 e. The fourth-order valence-electron chi connectivity index (χ4n) is 6.73. The van der Waals surface area contributed by atoms with Crippen LogP contribution >= 0.6 is 12.2 Å². The summed E-state index contributed by atoms with van der Waals surface area (Å²) in [5, 5.41) is 2.35. The molecule has 4 heteroatoms. The zero-order valence-corrected chi connectivity index (χ0v) is 25.0. The van der Waals surface area contributed by atoms with Crippen LogP contribution in [0.4, 0.5) is 5.69 Å². The van der Waals surface area contributed by atoms with Gasteiger partial charge >= 0.3 is 5.97 Å². The summed E-state index contributed by atoms with van der Waals surface area (Å²) < 4.78 is 5.63. The van der Waals surface area contributed by atoms with Gasteiger partial charge in [-0.05, 0) is 79.9 Å². The molecule has 0 amide bonds. The first kappa shape index (κ1) is 31.0. The Labute approximate surface area is 238 Å². The molecule has 2 saturated carbocycles. The number of hydrogen-bond acceptors (Lipinski definition) is 4. The van der Waals surface area contributed by atoms with Gasteiger partial charge in [0.1, 0.15) is 5.75 Å². The highest BCUT2D eigenvalue weighted by molar-refractivity contribution is 7.78. The Kier molecular flexibility index (Phi) is 15.3. The molecule has 0 N–H and O–H groups in total. The summed E-state index contributed by atoms with van der Waals surface area (Å²) >= 11 is 4.63. The van der Waals surface area contributed by atoms with E-state index in [1.165, 1.54) is 122 Å². The van der Waals surface area contributed by atoms with E-state index in [4.69, 9.17) is 4.74 Å². The average molecular weight is 540 g/mol. The lowest BCUT2D eigenvalue weighted by Gasteiger charge is -2.31. The number of aliphatic imine (C=N–C) groups is 1. The van der Waals surface area contributed by atoms with Crippen molar-refractivity contribution in [3.63, 3.8) is 0 Å². The predicted octanol–water partition coefficient (Wildman–Crippen LogP) is 11.0. The SMILES string of the molecule is CCCCCCCCCCCCC1CCC(CCC2CCC(C(=O)Oc3ccc(N=C=S)cc3)CC2)CC1. The van der Waals surface area contributed by atoms with Crippen molar-refractivity contribution in [2.75, 3.05) is 0 Å². The first-order chi connectivity index (χ1) is 18.7. The fraction of sp³-hybridized carbons (Fsp3) is 0.765. The molecular weight excluding hydrogens is 486 g/mol. The highest BCUT2D eigenvalue weighted by Gasteiger charge is 2.29. The zero-order chi connectivity index (χ0) is 26.8. The van der Waals surface area contributed by atoms with E-state index in [0.717, 1.165) is 36.3 Å². The molecule has 2 aliphatic carbocycles. The molecule has 0 aromatic heterocycles. The maximum absolute atomic E-state index is 12.6. The first-order valence-electron chi connectivity index (χ1n) is 16.1. The van der Waals surface area contributed by atoms with Crippen molar-refractivity contribution in [2.24, 2.45) is 28.7 Å². The summed E-state index contributed by atoms with van der Waals surface area (Å²) in [5.74, 6) is 3.32. The molecule has 38 heavy (non-hydrogen) atoms. The van der Waals surface area contributed by atoms with Gasteiger partial charge in [0.15, 0.2) is 0 Å². The summed E-state index contributed by atoms with van der Waals surface area (Å²) in [7, 11) is 0. The lowest BCUT2D eigenvalue weighted by atomic mass is 9.75. The van der Waals surface area contributed by atoms with Crippen LogP contribution in [-0.2, 0) is 4.79 Å². The number of esters is 1. The van der Waals surface area contributed by atoms with Gasteiger partial charge in [0.2, 0.25) is 0 Å². The van der Waals surface area contributed by atoms with Crippen LogP contribution in [0.3, 0.4) is 0 Å². The van der Waals surface area contributed by atoms with Crippen LogP contribution in [0, 0.1) is 23.7 Å². The molecule has 2 fully saturated rings. The summed E-state index contributed by atoms with van der Waals surface area (Å²) in [5.41, 5.74) is 0.725. The third-order valence-corrected chi connectivity index (χ3v) is 9.42. The molecule has 0 spiro atoms. The topological polar surface area (TPSA) is 38.7 Å². The number of unbranched alkanes of at least 4 members (excludes halogenated alkanes) is 9. The van der Waals surface area contributed by atoms with Crippen LogP contribution in [0.1, 0.15) is 142 Å². The summed E-state index contributed by atoms with van der Waals surface area (Å²) in [6.07, 6.45) is 28.8. The van der Waals surface area contributed by atoms with E-state index >= 15 is 0 Å². The van der Waals surface area contributed by atoms with Crippen LogP contribution in [0.25, 0.3) is 0 Å². The Bertz CT molecular complexity index is 815. The van der Waals surface area contributed by atoms with Gasteiger partial charge in [-0.25, -0.2) is 0 Å². The molecular formula is C34H53NO2S. The summed E-state index contributed by atoms with van der Waals surface area (Å²) in [6, 6.07) is 7.15. The normalized spacial score (nSPS) is 23.5. The molecule has 2 aliphatic rings. The number of carbonyl (C=O) groups is 1. The molecule has 0 bridgehead atoms. The standard InChI is InChI=1S/C34H53NO2S/c1-2-3-4-5-6-7-8-9-10-11-12-28-13-15-29(16-14-28)17-18-30-19-21-31(22-20-30)34(36)37-33-25-23-32(24-26-33)35-27-38/h23-26,28-31H,2-22H2,1H3. The Morgan fingerprint density at radius 2 is 1.21 bits per heavy atom. The fourth-order valence-corrected chi connectivity index (χ4v) is 6.83. The lowest BCUT2D eigenvalue weighted by molar-refractivity contribution is -0.140. The molecule has 0 aliphatic heterocycles. The monoisotopic (exact) mass is 539 g/mol. The average Bonchev–Trinajstić information content (AvgIpc) is 2.95. The van der Waals surface area contributed by atoms with Crippen molar-refractivity contribution >= 4 is 29.0 Å². The van der Waals surface area contributed by atoms with Crippen LogP contribution in [-0.4, -0.2) is 11.1 Å². The third kappa shape index (κ3) is 12.1. The van der Waals surface area contributed by atoms with Gasteiger partial charge in [-0.1, -0.05) is 116 Å². The molecule has 3 rings (SSSR count). The van der Waals surface area contributed by atoms with Crippen LogP contribution in [0.15, 0.2) is 29.3 Å². The molecule has 212 valence electrons. The van der Waals surface area contributed by atoms with E-state index in [9.17, 15) is 4.79 Å². The van der Waals surface area contributed by atoms with E-state index in [2.05, 4.69) is 29.3 Å². The first-order valence-corrected chi connectivity index (χ1v) is 16.5. The number of hydrogen-bond donors (Lipinski definition) is 0. The van der Waals surface area contributed by atoms with Gasteiger partial charge in [-0.2, -0.15) is 4.99 Å². The van der Waals surface area contributed by atoms with E-state index in [-0.39, 0.29) is 11.9 Å². The molecule has 1 aromatic carbocycles.